The molecule has 2 heterocycles. The first kappa shape index (κ1) is 13.2. The molecule has 0 spiro atoms. The molecule has 0 amide bonds. The molecule has 1 saturated heterocycles. The maximum absolute atomic E-state index is 5.31. The summed E-state index contributed by atoms with van der Waals surface area (Å²) in [6.07, 6.45) is 9.10. The second-order valence-corrected chi connectivity index (χ2v) is 6.52. The van der Waals surface area contributed by atoms with Gasteiger partial charge in [0, 0.05) is 29.2 Å². The van der Waals surface area contributed by atoms with Crippen LogP contribution in [0.3, 0.4) is 0 Å². The molecular weight excluding hydrogens is 260 g/mol. The average molecular weight is 284 g/mol. The molecule has 21 heavy (non-hydrogen) atoms. The van der Waals surface area contributed by atoms with Crippen LogP contribution >= 0.6 is 0 Å². The van der Waals surface area contributed by atoms with Gasteiger partial charge in [-0.05, 0) is 63.0 Å². The monoisotopic (exact) mass is 284 g/mol. The van der Waals surface area contributed by atoms with E-state index in [1.165, 1.54) is 56.1 Å². The third-order valence-electron chi connectivity index (χ3n) is 5.32. The molecule has 0 atom stereocenters. The van der Waals surface area contributed by atoms with Crippen LogP contribution in [0.2, 0.25) is 0 Å². The van der Waals surface area contributed by atoms with E-state index < -0.39 is 0 Å². The van der Waals surface area contributed by atoms with Gasteiger partial charge in [0.2, 0.25) is 0 Å². The highest BCUT2D eigenvalue weighted by molar-refractivity contribution is 5.81. The van der Waals surface area contributed by atoms with Gasteiger partial charge in [-0.25, -0.2) is 0 Å². The number of aromatic nitrogens is 1. The van der Waals surface area contributed by atoms with Gasteiger partial charge in [-0.15, -0.1) is 0 Å². The summed E-state index contributed by atoms with van der Waals surface area (Å²) in [5, 5.41) is 1.29. The molecule has 1 aromatic heterocycles. The molecule has 4 rings (SSSR count). The van der Waals surface area contributed by atoms with E-state index >= 15 is 0 Å². The highest BCUT2D eigenvalue weighted by Gasteiger charge is 2.35. The number of likely N-dealkylation sites (tertiary alicyclic amines) is 1. The van der Waals surface area contributed by atoms with Crippen molar-refractivity contribution in [3.05, 3.63) is 30.5 Å². The molecule has 1 aliphatic carbocycles. The number of ether oxygens (including phenoxy) is 1. The lowest BCUT2D eigenvalue weighted by Gasteiger charge is -2.45. The largest absolute Gasteiger partial charge is 0.497 e. The van der Waals surface area contributed by atoms with E-state index in [0.717, 1.165) is 11.8 Å². The van der Waals surface area contributed by atoms with Crippen LogP contribution in [0.4, 0.5) is 0 Å². The summed E-state index contributed by atoms with van der Waals surface area (Å²) in [7, 11) is 1.73. The number of fused-ring (bicyclic) bond motifs is 1. The van der Waals surface area contributed by atoms with Crippen LogP contribution in [-0.2, 0) is 0 Å². The van der Waals surface area contributed by atoms with Crippen molar-refractivity contribution in [1.29, 1.82) is 0 Å². The van der Waals surface area contributed by atoms with Crippen molar-refractivity contribution in [2.75, 3.05) is 20.2 Å². The lowest BCUT2D eigenvalue weighted by molar-refractivity contribution is 0.0683. The van der Waals surface area contributed by atoms with E-state index in [4.69, 9.17) is 4.74 Å². The summed E-state index contributed by atoms with van der Waals surface area (Å²) < 4.78 is 7.78. The Morgan fingerprint density at radius 1 is 1.00 bits per heavy atom. The summed E-state index contributed by atoms with van der Waals surface area (Å²) in [5.74, 6) is 0.944. The van der Waals surface area contributed by atoms with E-state index in [9.17, 15) is 0 Å². The summed E-state index contributed by atoms with van der Waals surface area (Å²) in [6, 6.07) is 10.1. The molecule has 1 aliphatic heterocycles. The number of rotatable bonds is 3. The number of piperidine rings is 1. The van der Waals surface area contributed by atoms with E-state index in [1.54, 1.807) is 7.11 Å². The lowest BCUT2D eigenvalue weighted by atomic mass is 9.84. The molecule has 1 aromatic carbocycles. The summed E-state index contributed by atoms with van der Waals surface area (Å²) in [4.78, 5) is 2.72. The zero-order chi connectivity index (χ0) is 14.2. The van der Waals surface area contributed by atoms with Gasteiger partial charge in [0.15, 0.2) is 0 Å². The predicted molar refractivity (Wildman–Crippen MR) is 86.0 cm³/mol. The molecule has 0 unspecified atom stereocenters. The Bertz CT molecular complexity index is 621. The molecular formula is C18H24N2O. The van der Waals surface area contributed by atoms with Crippen LogP contribution in [0.1, 0.15) is 38.1 Å². The Kier molecular flexibility index (Phi) is 3.38. The van der Waals surface area contributed by atoms with Crippen molar-refractivity contribution in [3.8, 4) is 5.75 Å². The fourth-order valence-electron chi connectivity index (χ4n) is 3.96. The standard InChI is InChI=1S/C18H24N2O/c1-21-17-5-6-18-14(11-17)7-10-20(18)16-12-15(13-16)19-8-3-2-4-9-19/h5-7,10-11,15-16H,2-4,8-9,12-13H2,1H3. The van der Waals surface area contributed by atoms with Crippen LogP contribution in [0.15, 0.2) is 30.5 Å². The summed E-state index contributed by atoms with van der Waals surface area (Å²) >= 11 is 0. The van der Waals surface area contributed by atoms with Crippen molar-refractivity contribution < 1.29 is 4.74 Å². The topological polar surface area (TPSA) is 17.4 Å². The highest BCUT2D eigenvalue weighted by atomic mass is 16.5. The van der Waals surface area contributed by atoms with E-state index in [1.807, 2.05) is 0 Å². The minimum absolute atomic E-state index is 0.683. The zero-order valence-corrected chi connectivity index (χ0v) is 12.8. The number of nitrogens with zero attached hydrogens (tertiary/aromatic N) is 2. The van der Waals surface area contributed by atoms with E-state index in [-0.39, 0.29) is 0 Å². The third-order valence-corrected chi connectivity index (χ3v) is 5.32. The minimum atomic E-state index is 0.683. The Balaban J connectivity index is 1.48. The van der Waals surface area contributed by atoms with Crippen molar-refractivity contribution >= 4 is 10.9 Å². The fraction of sp³-hybridized carbons (Fsp3) is 0.556. The Morgan fingerprint density at radius 2 is 1.81 bits per heavy atom. The SMILES string of the molecule is COc1ccc2c(ccn2C2CC(N3CCCCC3)C2)c1. The third kappa shape index (κ3) is 2.34. The van der Waals surface area contributed by atoms with Gasteiger partial charge in [0.1, 0.15) is 5.75 Å². The minimum Gasteiger partial charge on any atom is -0.497 e. The second kappa shape index (κ2) is 5.38. The van der Waals surface area contributed by atoms with Crippen molar-refractivity contribution in [2.45, 2.75) is 44.2 Å². The smallest absolute Gasteiger partial charge is 0.119 e. The van der Waals surface area contributed by atoms with E-state index in [2.05, 4.69) is 39.9 Å². The molecule has 112 valence electrons. The maximum atomic E-state index is 5.31. The van der Waals surface area contributed by atoms with Crippen LogP contribution in [-0.4, -0.2) is 35.7 Å². The molecule has 3 heteroatoms. The summed E-state index contributed by atoms with van der Waals surface area (Å²) in [6.45, 7) is 2.64. The van der Waals surface area contributed by atoms with Gasteiger partial charge in [-0.1, -0.05) is 6.42 Å². The molecule has 1 saturated carbocycles. The average Bonchev–Trinajstić information content (AvgIpc) is 2.90. The molecule has 0 radical (unpaired) electrons. The molecule has 0 bridgehead atoms. The molecule has 2 aliphatic rings. The molecule has 0 N–H and O–H groups in total. The normalized spacial score (nSPS) is 26.7. The van der Waals surface area contributed by atoms with Crippen LogP contribution in [0, 0.1) is 0 Å². The Morgan fingerprint density at radius 3 is 2.57 bits per heavy atom. The highest BCUT2D eigenvalue weighted by Crippen LogP contribution is 2.39. The number of hydrogen-bond donors (Lipinski definition) is 0. The molecule has 3 nitrogen and oxygen atoms in total. The van der Waals surface area contributed by atoms with Gasteiger partial charge >= 0.3 is 0 Å². The fourth-order valence-corrected chi connectivity index (χ4v) is 3.96. The summed E-state index contributed by atoms with van der Waals surface area (Å²) in [5.41, 5.74) is 1.35. The van der Waals surface area contributed by atoms with Crippen molar-refractivity contribution in [3.63, 3.8) is 0 Å². The number of benzene rings is 1. The first-order valence-corrected chi connectivity index (χ1v) is 8.24. The Labute approximate surface area is 126 Å². The van der Waals surface area contributed by atoms with E-state index in [0.29, 0.717) is 6.04 Å². The van der Waals surface area contributed by atoms with Gasteiger partial charge in [0.05, 0.1) is 7.11 Å². The quantitative estimate of drug-likeness (QED) is 0.852. The predicted octanol–water partition coefficient (Wildman–Crippen LogP) is 3.84. The van der Waals surface area contributed by atoms with Gasteiger partial charge < -0.3 is 14.2 Å². The van der Waals surface area contributed by atoms with Gasteiger partial charge in [-0.2, -0.15) is 0 Å². The second-order valence-electron chi connectivity index (χ2n) is 6.52. The first-order valence-electron chi connectivity index (χ1n) is 8.24. The van der Waals surface area contributed by atoms with Crippen molar-refractivity contribution in [1.82, 2.24) is 9.47 Å². The molecule has 2 aromatic rings. The van der Waals surface area contributed by atoms with Crippen LogP contribution < -0.4 is 4.74 Å². The van der Waals surface area contributed by atoms with Crippen LogP contribution in [0.25, 0.3) is 10.9 Å². The molecule has 2 fully saturated rings. The van der Waals surface area contributed by atoms with Crippen LogP contribution in [0.5, 0.6) is 5.75 Å². The van der Waals surface area contributed by atoms with Crippen molar-refractivity contribution in [2.24, 2.45) is 0 Å². The number of methoxy groups -OCH3 is 1. The van der Waals surface area contributed by atoms with Gasteiger partial charge in [-0.3, -0.25) is 0 Å². The lowest BCUT2D eigenvalue weighted by Crippen LogP contribution is -2.47. The zero-order valence-electron chi connectivity index (χ0n) is 12.8. The van der Waals surface area contributed by atoms with Gasteiger partial charge in [0.25, 0.3) is 0 Å². The Hall–Kier alpha value is -1.48. The first-order chi connectivity index (χ1) is 10.3. The maximum Gasteiger partial charge on any atom is 0.119 e. The number of hydrogen-bond acceptors (Lipinski definition) is 2.